The Kier molecular flexibility index (Phi) is 4.06. The van der Waals surface area contributed by atoms with E-state index in [1.54, 1.807) is 22.8 Å². The van der Waals surface area contributed by atoms with Gasteiger partial charge in [-0.1, -0.05) is 12.1 Å². The molecular weight excluding hydrogens is 344 g/mol. The zero-order chi connectivity index (χ0) is 17.4. The Morgan fingerprint density at radius 1 is 1.40 bits per heavy atom. The number of sulfonamides is 1. The second-order valence-corrected chi connectivity index (χ2v) is 7.78. The molecule has 0 aliphatic carbocycles. The van der Waals surface area contributed by atoms with E-state index in [0.717, 1.165) is 19.4 Å². The van der Waals surface area contributed by atoms with Gasteiger partial charge >= 0.3 is 0 Å². The fourth-order valence-corrected chi connectivity index (χ4v) is 4.34. The van der Waals surface area contributed by atoms with Gasteiger partial charge in [-0.25, -0.2) is 18.1 Å². The van der Waals surface area contributed by atoms with Crippen LogP contribution in [0.2, 0.25) is 0 Å². The van der Waals surface area contributed by atoms with Gasteiger partial charge in [0.2, 0.25) is 10.0 Å². The average Bonchev–Trinajstić information content (AvgIpc) is 3.25. The molecule has 132 valence electrons. The van der Waals surface area contributed by atoms with E-state index in [2.05, 4.69) is 15.0 Å². The van der Waals surface area contributed by atoms with Crippen LogP contribution in [-0.2, 0) is 21.3 Å². The van der Waals surface area contributed by atoms with Crippen molar-refractivity contribution < 1.29 is 17.9 Å². The summed E-state index contributed by atoms with van der Waals surface area (Å²) in [6.07, 6.45) is 3.44. The van der Waals surface area contributed by atoms with Gasteiger partial charge in [0.1, 0.15) is 11.2 Å². The summed E-state index contributed by atoms with van der Waals surface area (Å²) in [4.78, 5) is 16.9. The molecule has 2 N–H and O–H groups in total. The van der Waals surface area contributed by atoms with Crippen LogP contribution in [0.1, 0.15) is 29.0 Å². The number of hydrogen-bond donors (Lipinski definition) is 2. The van der Waals surface area contributed by atoms with Crippen LogP contribution in [0.5, 0.6) is 0 Å². The largest absolute Gasteiger partial charge is 0.376 e. The molecule has 1 fully saturated rings. The van der Waals surface area contributed by atoms with E-state index in [0.29, 0.717) is 17.9 Å². The van der Waals surface area contributed by atoms with Crippen molar-refractivity contribution >= 4 is 15.9 Å². The Bertz CT molecular complexity index is 916. The maximum atomic E-state index is 12.5. The minimum absolute atomic E-state index is 0.000302. The minimum atomic E-state index is -3.63. The molecule has 1 amide bonds. The Balaban J connectivity index is 1.65. The molecule has 9 heteroatoms. The molecule has 8 nitrogen and oxygen atoms in total. The van der Waals surface area contributed by atoms with Crippen LogP contribution in [0.3, 0.4) is 0 Å². The number of carbonyl (C=O) groups is 1. The Hall–Kier alpha value is -2.23. The van der Waals surface area contributed by atoms with Crippen molar-refractivity contribution in [2.24, 2.45) is 0 Å². The highest BCUT2D eigenvalue weighted by Crippen LogP contribution is 2.26. The number of nitrogens with one attached hydrogen (secondary N) is 2. The first-order valence-corrected chi connectivity index (χ1v) is 9.59. The number of nitrogens with zero attached hydrogens (tertiary/aromatic N) is 2. The molecular formula is C16H18N4O4S. The highest BCUT2D eigenvalue weighted by molar-refractivity contribution is 7.89. The number of para-hydroxylation sites is 1. The van der Waals surface area contributed by atoms with Crippen molar-refractivity contribution in [1.29, 1.82) is 0 Å². The first-order chi connectivity index (χ1) is 12.1. The van der Waals surface area contributed by atoms with E-state index in [1.165, 1.54) is 12.4 Å². The van der Waals surface area contributed by atoms with Crippen LogP contribution >= 0.6 is 0 Å². The second kappa shape index (κ2) is 6.25. The Morgan fingerprint density at radius 3 is 3.04 bits per heavy atom. The monoisotopic (exact) mass is 362 g/mol. The summed E-state index contributed by atoms with van der Waals surface area (Å²) in [7, 11) is -3.63. The van der Waals surface area contributed by atoms with Crippen LogP contribution in [0, 0.1) is 0 Å². The number of rotatable bonds is 3. The molecule has 1 aromatic heterocycles. The smallest absolute Gasteiger partial charge is 0.271 e. The molecule has 0 radical (unpaired) electrons. The first kappa shape index (κ1) is 16.2. The zero-order valence-corrected chi connectivity index (χ0v) is 14.3. The van der Waals surface area contributed by atoms with Crippen molar-refractivity contribution in [1.82, 2.24) is 19.6 Å². The standard InChI is InChI=1S/C16H18N4O4S/c21-16(17-8-11-4-3-7-24-11)15-13-9-19-25(22,23)14-6-2-1-5-12(14)20(13)10-18-15/h1-2,5-6,10-11,19H,3-4,7-9H2,(H,17,21)/t11-/m1/s1. The van der Waals surface area contributed by atoms with Gasteiger partial charge < -0.3 is 10.1 Å². The lowest BCUT2D eigenvalue weighted by atomic mass is 10.2. The molecule has 25 heavy (non-hydrogen) atoms. The van der Waals surface area contributed by atoms with Gasteiger partial charge in [-0.2, -0.15) is 0 Å². The van der Waals surface area contributed by atoms with Gasteiger partial charge in [-0.3, -0.25) is 9.36 Å². The van der Waals surface area contributed by atoms with Crippen molar-refractivity contribution in [3.63, 3.8) is 0 Å². The third kappa shape index (κ3) is 2.94. The molecule has 4 rings (SSSR count). The van der Waals surface area contributed by atoms with Gasteiger partial charge in [0.15, 0.2) is 5.69 Å². The molecule has 2 aliphatic rings. The lowest BCUT2D eigenvalue weighted by molar-refractivity contribution is 0.0853. The third-order valence-electron chi connectivity index (χ3n) is 4.44. The summed E-state index contributed by atoms with van der Waals surface area (Å²) < 4.78 is 34.4. The van der Waals surface area contributed by atoms with Crippen LogP contribution in [0.15, 0.2) is 35.5 Å². The molecule has 0 bridgehead atoms. The first-order valence-electron chi connectivity index (χ1n) is 8.11. The lowest BCUT2D eigenvalue weighted by Crippen LogP contribution is -2.33. The van der Waals surface area contributed by atoms with Crippen LogP contribution in [0.4, 0.5) is 0 Å². The van der Waals surface area contributed by atoms with Crippen molar-refractivity contribution in [3.8, 4) is 5.69 Å². The fraction of sp³-hybridized carbons (Fsp3) is 0.375. The SMILES string of the molecule is O=C(NC[C@H]1CCCO1)c1ncn2c1CNS(=O)(=O)c1ccccc1-2. The van der Waals surface area contributed by atoms with Crippen molar-refractivity contribution in [2.45, 2.75) is 30.4 Å². The number of hydrogen-bond acceptors (Lipinski definition) is 5. The molecule has 2 aliphatic heterocycles. The van der Waals surface area contributed by atoms with Gasteiger partial charge in [-0.15, -0.1) is 0 Å². The van der Waals surface area contributed by atoms with Crippen LogP contribution in [0.25, 0.3) is 5.69 Å². The Labute approximate surface area is 145 Å². The predicted octanol–water partition coefficient (Wildman–Crippen LogP) is 0.573. The van der Waals surface area contributed by atoms with E-state index in [1.807, 2.05) is 0 Å². The molecule has 3 heterocycles. The molecule has 0 saturated carbocycles. The maximum absolute atomic E-state index is 12.5. The van der Waals surface area contributed by atoms with Crippen LogP contribution < -0.4 is 10.0 Å². The van der Waals surface area contributed by atoms with E-state index in [9.17, 15) is 13.2 Å². The van der Waals surface area contributed by atoms with Crippen molar-refractivity contribution in [3.05, 3.63) is 42.0 Å². The normalized spacial score (nSPS) is 21.2. The minimum Gasteiger partial charge on any atom is -0.376 e. The summed E-state index contributed by atoms with van der Waals surface area (Å²) in [6.45, 7) is 1.14. The number of aromatic nitrogens is 2. The van der Waals surface area contributed by atoms with E-state index in [-0.39, 0.29) is 29.1 Å². The molecule has 1 saturated heterocycles. The molecule has 0 spiro atoms. The Morgan fingerprint density at radius 2 is 2.24 bits per heavy atom. The number of ether oxygens (including phenoxy) is 1. The topological polar surface area (TPSA) is 102 Å². The maximum Gasteiger partial charge on any atom is 0.271 e. The summed E-state index contributed by atoms with van der Waals surface area (Å²) >= 11 is 0. The average molecular weight is 362 g/mol. The van der Waals surface area contributed by atoms with Gasteiger partial charge in [0, 0.05) is 13.2 Å². The molecule has 2 aromatic rings. The molecule has 1 atom stereocenters. The summed E-state index contributed by atoms with van der Waals surface area (Å²) in [5, 5.41) is 2.83. The summed E-state index contributed by atoms with van der Waals surface area (Å²) in [5.41, 5.74) is 1.21. The van der Waals surface area contributed by atoms with Crippen LogP contribution in [-0.4, -0.2) is 43.1 Å². The molecule has 1 aromatic carbocycles. The predicted molar refractivity (Wildman–Crippen MR) is 88.9 cm³/mol. The van der Waals surface area contributed by atoms with Gasteiger partial charge in [0.25, 0.3) is 5.91 Å². The number of imidazole rings is 1. The quantitative estimate of drug-likeness (QED) is 0.831. The number of fused-ring (bicyclic) bond motifs is 3. The van der Waals surface area contributed by atoms with Gasteiger partial charge in [0.05, 0.1) is 24.0 Å². The molecule has 0 unspecified atom stereocenters. The number of carbonyl (C=O) groups excluding carboxylic acids is 1. The third-order valence-corrected chi connectivity index (χ3v) is 5.89. The summed E-state index contributed by atoms with van der Waals surface area (Å²) in [6, 6.07) is 6.64. The second-order valence-electron chi connectivity index (χ2n) is 6.05. The highest BCUT2D eigenvalue weighted by Gasteiger charge is 2.28. The number of benzene rings is 1. The van der Waals surface area contributed by atoms with Crippen molar-refractivity contribution in [2.75, 3.05) is 13.2 Å². The fourth-order valence-electron chi connectivity index (χ4n) is 3.16. The number of amides is 1. The van der Waals surface area contributed by atoms with E-state index in [4.69, 9.17) is 4.74 Å². The summed E-state index contributed by atoms with van der Waals surface area (Å²) in [5.74, 6) is -0.331. The highest BCUT2D eigenvalue weighted by atomic mass is 32.2. The van der Waals surface area contributed by atoms with E-state index >= 15 is 0 Å². The van der Waals surface area contributed by atoms with Gasteiger partial charge in [-0.05, 0) is 25.0 Å². The van der Waals surface area contributed by atoms with E-state index < -0.39 is 10.0 Å². The zero-order valence-electron chi connectivity index (χ0n) is 13.4. The lowest BCUT2D eigenvalue weighted by Gasteiger charge is -2.11.